The highest BCUT2D eigenvalue weighted by Gasteiger charge is 2.32. The van der Waals surface area contributed by atoms with Crippen LogP contribution in [0.15, 0.2) is 6.07 Å². The predicted molar refractivity (Wildman–Crippen MR) is 71.3 cm³/mol. The first-order valence-electron chi connectivity index (χ1n) is 6.22. The minimum absolute atomic E-state index is 0.0877. The van der Waals surface area contributed by atoms with Crippen molar-refractivity contribution < 1.29 is 14.6 Å². The van der Waals surface area contributed by atoms with Crippen LogP contribution >= 0.6 is 11.3 Å². The Morgan fingerprint density at radius 2 is 2.39 bits per heavy atom. The average Bonchev–Trinajstić information content (AvgIpc) is 3.11. The van der Waals surface area contributed by atoms with E-state index < -0.39 is 0 Å². The van der Waals surface area contributed by atoms with Crippen LogP contribution in [0.1, 0.15) is 33.8 Å². The second kappa shape index (κ2) is 5.71. The molecule has 1 unspecified atom stereocenters. The number of methoxy groups -OCH3 is 1. The van der Waals surface area contributed by atoms with E-state index in [1.54, 1.807) is 7.11 Å². The number of amides is 1. The number of hydrogen-bond acceptors (Lipinski definition) is 4. The molecule has 1 aliphatic rings. The van der Waals surface area contributed by atoms with Gasteiger partial charge in [-0.2, -0.15) is 0 Å². The lowest BCUT2D eigenvalue weighted by Gasteiger charge is -2.16. The monoisotopic (exact) mass is 269 g/mol. The maximum atomic E-state index is 12.2. The lowest BCUT2D eigenvalue weighted by Crippen LogP contribution is -2.36. The first-order chi connectivity index (χ1) is 8.65. The van der Waals surface area contributed by atoms with E-state index in [1.165, 1.54) is 11.3 Å². The Kier molecular flexibility index (Phi) is 4.24. The van der Waals surface area contributed by atoms with Crippen molar-refractivity contribution in [2.45, 2.75) is 32.2 Å². The Morgan fingerprint density at radius 1 is 1.67 bits per heavy atom. The number of carbonyl (C=O) groups excluding carboxylic acids is 1. The van der Waals surface area contributed by atoms with Gasteiger partial charge in [0.05, 0.1) is 7.11 Å². The van der Waals surface area contributed by atoms with E-state index >= 15 is 0 Å². The van der Waals surface area contributed by atoms with Gasteiger partial charge in [0.25, 0.3) is 5.91 Å². The van der Waals surface area contributed by atoms with Gasteiger partial charge in [0, 0.05) is 17.5 Å². The number of rotatable bonds is 6. The summed E-state index contributed by atoms with van der Waals surface area (Å²) in [5.74, 6) is 1.08. The summed E-state index contributed by atoms with van der Waals surface area (Å²) in [5.41, 5.74) is 0. The molecule has 1 aromatic rings. The van der Waals surface area contributed by atoms with Gasteiger partial charge in [-0.3, -0.25) is 4.79 Å². The Balaban J connectivity index is 2.05. The van der Waals surface area contributed by atoms with Gasteiger partial charge in [-0.15, -0.1) is 11.3 Å². The lowest BCUT2D eigenvalue weighted by molar-refractivity contribution is 0.0925. The average molecular weight is 269 g/mol. The van der Waals surface area contributed by atoms with Crippen molar-refractivity contribution in [1.29, 1.82) is 0 Å². The van der Waals surface area contributed by atoms with Crippen LogP contribution in [0, 0.1) is 12.8 Å². The van der Waals surface area contributed by atoms with Gasteiger partial charge in [0.15, 0.2) is 0 Å². The molecule has 1 atom stereocenters. The molecular weight excluding hydrogens is 250 g/mol. The number of carbonyl (C=O) groups is 1. The van der Waals surface area contributed by atoms with Crippen molar-refractivity contribution in [3.8, 4) is 5.75 Å². The van der Waals surface area contributed by atoms with Crippen LogP contribution in [-0.2, 0) is 0 Å². The van der Waals surface area contributed by atoms with Gasteiger partial charge in [-0.25, -0.2) is 0 Å². The molecule has 1 aromatic heterocycles. The van der Waals surface area contributed by atoms with Crippen molar-refractivity contribution in [3.05, 3.63) is 15.8 Å². The molecule has 4 nitrogen and oxygen atoms in total. The molecule has 1 saturated carbocycles. The number of ether oxygens (including phenoxy) is 1. The van der Waals surface area contributed by atoms with Crippen LogP contribution in [-0.4, -0.2) is 30.8 Å². The third kappa shape index (κ3) is 3.03. The molecule has 0 saturated heterocycles. The first kappa shape index (κ1) is 13.4. The Bertz CT molecular complexity index is 426. The molecule has 1 aliphatic carbocycles. The third-order valence-electron chi connectivity index (χ3n) is 3.19. The van der Waals surface area contributed by atoms with Crippen LogP contribution in [0.2, 0.25) is 0 Å². The molecule has 2 rings (SSSR count). The maximum absolute atomic E-state index is 12.2. The molecule has 2 N–H and O–H groups in total. The molecule has 0 radical (unpaired) electrons. The van der Waals surface area contributed by atoms with E-state index in [9.17, 15) is 4.79 Å². The summed E-state index contributed by atoms with van der Waals surface area (Å²) in [6.45, 7) is 2.07. The molecular formula is C13H19NO3S. The first-order valence-corrected chi connectivity index (χ1v) is 7.03. The standard InChI is InChI=1S/C13H19NO3S/c1-8-7-11(17-2)12(18-8)13(16)14-10(5-6-15)9-3-4-9/h7,9-10,15H,3-6H2,1-2H3,(H,14,16). The molecule has 1 heterocycles. The minimum atomic E-state index is -0.0877. The number of nitrogens with one attached hydrogen (secondary N) is 1. The fourth-order valence-electron chi connectivity index (χ4n) is 2.10. The van der Waals surface area contributed by atoms with E-state index in [4.69, 9.17) is 9.84 Å². The molecule has 0 bridgehead atoms. The zero-order chi connectivity index (χ0) is 13.1. The van der Waals surface area contributed by atoms with Gasteiger partial charge >= 0.3 is 0 Å². The van der Waals surface area contributed by atoms with Crippen molar-refractivity contribution in [2.24, 2.45) is 5.92 Å². The highest BCUT2D eigenvalue weighted by atomic mass is 32.1. The van der Waals surface area contributed by atoms with Gasteiger partial charge in [-0.1, -0.05) is 0 Å². The number of hydrogen-bond donors (Lipinski definition) is 2. The molecule has 100 valence electrons. The van der Waals surface area contributed by atoms with E-state index in [1.807, 2.05) is 13.0 Å². The molecule has 18 heavy (non-hydrogen) atoms. The van der Waals surface area contributed by atoms with Gasteiger partial charge in [0.2, 0.25) is 0 Å². The summed E-state index contributed by atoms with van der Waals surface area (Å²) in [5, 5.41) is 12.0. The largest absolute Gasteiger partial charge is 0.495 e. The summed E-state index contributed by atoms with van der Waals surface area (Å²) < 4.78 is 5.21. The fraction of sp³-hybridized carbons (Fsp3) is 0.615. The lowest BCUT2D eigenvalue weighted by atomic mass is 10.1. The van der Waals surface area contributed by atoms with E-state index in [-0.39, 0.29) is 18.6 Å². The fourth-order valence-corrected chi connectivity index (χ4v) is 2.98. The van der Waals surface area contributed by atoms with E-state index in [0.717, 1.165) is 17.7 Å². The molecule has 1 fully saturated rings. The second-order valence-electron chi connectivity index (χ2n) is 4.68. The molecule has 0 spiro atoms. The third-order valence-corrected chi connectivity index (χ3v) is 4.23. The van der Waals surface area contributed by atoms with Gasteiger partial charge < -0.3 is 15.2 Å². The van der Waals surface area contributed by atoms with Crippen LogP contribution in [0.5, 0.6) is 5.75 Å². The van der Waals surface area contributed by atoms with Crippen LogP contribution < -0.4 is 10.1 Å². The van der Waals surface area contributed by atoms with Gasteiger partial charge in [0.1, 0.15) is 10.6 Å². The van der Waals surface area contributed by atoms with Gasteiger partial charge in [-0.05, 0) is 38.2 Å². The highest BCUT2D eigenvalue weighted by Crippen LogP contribution is 2.35. The Labute approximate surface area is 111 Å². The maximum Gasteiger partial charge on any atom is 0.265 e. The summed E-state index contributed by atoms with van der Waals surface area (Å²) in [4.78, 5) is 13.9. The topological polar surface area (TPSA) is 58.6 Å². The number of aliphatic hydroxyl groups is 1. The summed E-state index contributed by atoms with van der Waals surface area (Å²) in [6.07, 6.45) is 2.92. The molecule has 0 aliphatic heterocycles. The molecule has 0 aromatic carbocycles. The molecule has 5 heteroatoms. The Morgan fingerprint density at radius 3 is 2.94 bits per heavy atom. The van der Waals surface area contributed by atoms with Crippen LogP contribution in [0.25, 0.3) is 0 Å². The Hall–Kier alpha value is -1.07. The van der Waals surface area contributed by atoms with Crippen molar-refractivity contribution in [2.75, 3.05) is 13.7 Å². The van der Waals surface area contributed by atoms with Crippen molar-refractivity contribution in [3.63, 3.8) is 0 Å². The SMILES string of the molecule is COc1cc(C)sc1C(=O)NC(CCO)C1CC1. The van der Waals surface area contributed by atoms with E-state index in [2.05, 4.69) is 5.32 Å². The van der Waals surface area contributed by atoms with Crippen LogP contribution in [0.4, 0.5) is 0 Å². The smallest absolute Gasteiger partial charge is 0.265 e. The minimum Gasteiger partial charge on any atom is -0.495 e. The number of aliphatic hydroxyl groups excluding tert-OH is 1. The quantitative estimate of drug-likeness (QED) is 0.830. The number of thiophene rings is 1. The zero-order valence-electron chi connectivity index (χ0n) is 10.7. The van der Waals surface area contributed by atoms with Crippen molar-refractivity contribution in [1.82, 2.24) is 5.32 Å². The normalized spacial score (nSPS) is 16.4. The van der Waals surface area contributed by atoms with E-state index in [0.29, 0.717) is 23.0 Å². The highest BCUT2D eigenvalue weighted by molar-refractivity contribution is 7.14. The molecule has 1 amide bonds. The number of aryl methyl sites for hydroxylation is 1. The predicted octanol–water partition coefficient (Wildman–Crippen LogP) is 1.96. The summed E-state index contributed by atoms with van der Waals surface area (Å²) in [6, 6.07) is 1.97. The second-order valence-corrected chi connectivity index (χ2v) is 5.94. The van der Waals surface area contributed by atoms with Crippen molar-refractivity contribution >= 4 is 17.2 Å². The van der Waals surface area contributed by atoms with Crippen LogP contribution in [0.3, 0.4) is 0 Å². The summed E-state index contributed by atoms with van der Waals surface area (Å²) >= 11 is 1.44. The summed E-state index contributed by atoms with van der Waals surface area (Å²) in [7, 11) is 1.57. The zero-order valence-corrected chi connectivity index (χ0v) is 11.5.